The van der Waals surface area contributed by atoms with Crippen LogP contribution in [0.5, 0.6) is 0 Å². The molecule has 0 saturated heterocycles. The Morgan fingerprint density at radius 1 is 1.06 bits per heavy atom. The molecule has 1 aliphatic carbocycles. The van der Waals surface area contributed by atoms with Gasteiger partial charge in [-0.1, -0.05) is 18.2 Å². The van der Waals surface area contributed by atoms with Gasteiger partial charge in [-0.15, -0.1) is 0 Å². The number of hydrogen-bond donors (Lipinski definition) is 0. The van der Waals surface area contributed by atoms with Crippen molar-refractivity contribution < 1.29 is 14.3 Å². The SMILES string of the molecule is COC(=O)c1ccc(C2=CCCC=C2OC)cc1. The van der Waals surface area contributed by atoms with Gasteiger partial charge in [0.1, 0.15) is 5.76 Å². The number of hydrogen-bond acceptors (Lipinski definition) is 3. The number of carbonyl (C=O) groups excluding carboxylic acids is 1. The molecule has 1 aliphatic rings. The summed E-state index contributed by atoms with van der Waals surface area (Å²) in [6.45, 7) is 0. The van der Waals surface area contributed by atoms with Crippen molar-refractivity contribution in [2.24, 2.45) is 0 Å². The first-order valence-electron chi connectivity index (χ1n) is 5.89. The molecule has 0 bridgehead atoms. The maximum absolute atomic E-state index is 11.3. The van der Waals surface area contributed by atoms with Gasteiger partial charge in [-0.2, -0.15) is 0 Å². The summed E-state index contributed by atoms with van der Waals surface area (Å²) >= 11 is 0. The highest BCUT2D eigenvalue weighted by atomic mass is 16.5. The molecule has 94 valence electrons. The Morgan fingerprint density at radius 2 is 1.72 bits per heavy atom. The second-order valence-electron chi connectivity index (χ2n) is 4.04. The molecule has 1 aromatic carbocycles. The van der Waals surface area contributed by atoms with Crippen LogP contribution in [0, 0.1) is 0 Å². The topological polar surface area (TPSA) is 35.5 Å². The highest BCUT2D eigenvalue weighted by Gasteiger charge is 2.12. The fourth-order valence-electron chi connectivity index (χ4n) is 2.01. The van der Waals surface area contributed by atoms with E-state index in [1.54, 1.807) is 19.2 Å². The Balaban J connectivity index is 2.27. The summed E-state index contributed by atoms with van der Waals surface area (Å²) in [5.74, 6) is 0.578. The second-order valence-corrected chi connectivity index (χ2v) is 4.04. The lowest BCUT2D eigenvalue weighted by atomic mass is 9.97. The smallest absolute Gasteiger partial charge is 0.337 e. The van der Waals surface area contributed by atoms with Gasteiger partial charge in [-0.25, -0.2) is 4.79 Å². The van der Waals surface area contributed by atoms with Crippen LogP contribution in [0.4, 0.5) is 0 Å². The number of methoxy groups -OCH3 is 2. The zero-order chi connectivity index (χ0) is 13.0. The summed E-state index contributed by atoms with van der Waals surface area (Å²) in [5.41, 5.74) is 2.69. The number of rotatable bonds is 3. The zero-order valence-electron chi connectivity index (χ0n) is 10.6. The van der Waals surface area contributed by atoms with Crippen molar-refractivity contribution in [2.75, 3.05) is 14.2 Å². The fraction of sp³-hybridized carbons (Fsp3) is 0.267. The summed E-state index contributed by atoms with van der Waals surface area (Å²) in [4.78, 5) is 11.3. The number of benzene rings is 1. The lowest BCUT2D eigenvalue weighted by Gasteiger charge is -2.15. The van der Waals surface area contributed by atoms with E-state index in [1.807, 2.05) is 12.1 Å². The molecule has 0 atom stereocenters. The molecule has 18 heavy (non-hydrogen) atoms. The Kier molecular flexibility index (Phi) is 3.82. The van der Waals surface area contributed by atoms with E-state index in [2.05, 4.69) is 16.9 Å². The summed E-state index contributed by atoms with van der Waals surface area (Å²) in [5, 5.41) is 0. The van der Waals surface area contributed by atoms with Gasteiger partial charge in [0.2, 0.25) is 0 Å². The van der Waals surface area contributed by atoms with Gasteiger partial charge in [0, 0.05) is 5.57 Å². The molecule has 0 N–H and O–H groups in total. The van der Waals surface area contributed by atoms with Crippen LogP contribution < -0.4 is 0 Å². The molecule has 3 heteroatoms. The van der Waals surface area contributed by atoms with Crippen LogP contribution in [0.2, 0.25) is 0 Å². The average molecular weight is 244 g/mol. The van der Waals surface area contributed by atoms with E-state index in [1.165, 1.54) is 7.11 Å². The van der Waals surface area contributed by atoms with Crippen molar-refractivity contribution in [1.82, 2.24) is 0 Å². The molecule has 1 aromatic rings. The largest absolute Gasteiger partial charge is 0.496 e. The molecule has 0 heterocycles. The lowest BCUT2D eigenvalue weighted by Crippen LogP contribution is -2.02. The summed E-state index contributed by atoms with van der Waals surface area (Å²) in [6, 6.07) is 7.36. The molecular weight excluding hydrogens is 228 g/mol. The maximum Gasteiger partial charge on any atom is 0.337 e. The molecule has 0 saturated carbocycles. The standard InChI is InChI=1S/C15H16O3/c1-17-14-6-4-3-5-13(14)11-7-9-12(10-8-11)15(16)18-2/h5-10H,3-4H2,1-2H3. The van der Waals surface area contributed by atoms with Gasteiger partial charge >= 0.3 is 5.97 Å². The van der Waals surface area contributed by atoms with Crippen molar-refractivity contribution >= 4 is 11.5 Å². The molecule has 2 rings (SSSR count). The van der Waals surface area contributed by atoms with Crippen LogP contribution in [-0.2, 0) is 9.47 Å². The van der Waals surface area contributed by atoms with Gasteiger partial charge in [0.25, 0.3) is 0 Å². The minimum atomic E-state index is -0.318. The zero-order valence-corrected chi connectivity index (χ0v) is 10.6. The van der Waals surface area contributed by atoms with Crippen LogP contribution in [0.3, 0.4) is 0 Å². The Labute approximate surface area is 107 Å². The number of allylic oxidation sites excluding steroid dienone is 3. The molecule has 0 aliphatic heterocycles. The van der Waals surface area contributed by atoms with Crippen LogP contribution in [0.15, 0.2) is 42.2 Å². The third kappa shape index (κ3) is 2.45. The number of carbonyl (C=O) groups is 1. The van der Waals surface area contributed by atoms with Crippen LogP contribution in [-0.4, -0.2) is 20.2 Å². The van der Waals surface area contributed by atoms with Crippen molar-refractivity contribution in [3.8, 4) is 0 Å². The first kappa shape index (κ1) is 12.4. The Morgan fingerprint density at radius 3 is 2.33 bits per heavy atom. The highest BCUT2D eigenvalue weighted by Crippen LogP contribution is 2.28. The van der Waals surface area contributed by atoms with Gasteiger partial charge < -0.3 is 9.47 Å². The summed E-state index contributed by atoms with van der Waals surface area (Å²) in [6.07, 6.45) is 6.27. The van der Waals surface area contributed by atoms with Crippen molar-refractivity contribution in [3.63, 3.8) is 0 Å². The molecule has 0 spiro atoms. The van der Waals surface area contributed by atoms with Crippen molar-refractivity contribution in [3.05, 3.63) is 53.3 Å². The molecule has 0 amide bonds. The van der Waals surface area contributed by atoms with Gasteiger partial charge in [0.05, 0.1) is 19.8 Å². The van der Waals surface area contributed by atoms with E-state index >= 15 is 0 Å². The molecule has 0 aromatic heterocycles. The molecule has 0 fully saturated rings. The van der Waals surface area contributed by atoms with Crippen LogP contribution in [0.1, 0.15) is 28.8 Å². The molecule has 3 nitrogen and oxygen atoms in total. The van der Waals surface area contributed by atoms with Gasteiger partial charge in [0.15, 0.2) is 0 Å². The highest BCUT2D eigenvalue weighted by molar-refractivity contribution is 5.90. The van der Waals surface area contributed by atoms with E-state index in [0.29, 0.717) is 5.56 Å². The number of esters is 1. The van der Waals surface area contributed by atoms with E-state index in [0.717, 1.165) is 29.7 Å². The normalized spacial score (nSPS) is 14.6. The maximum atomic E-state index is 11.3. The van der Waals surface area contributed by atoms with Crippen molar-refractivity contribution in [1.29, 1.82) is 0 Å². The lowest BCUT2D eigenvalue weighted by molar-refractivity contribution is 0.0601. The molecular formula is C15H16O3. The van der Waals surface area contributed by atoms with Crippen molar-refractivity contribution in [2.45, 2.75) is 12.8 Å². The monoisotopic (exact) mass is 244 g/mol. The van der Waals surface area contributed by atoms with Crippen LogP contribution >= 0.6 is 0 Å². The minimum absolute atomic E-state index is 0.318. The van der Waals surface area contributed by atoms with Gasteiger partial charge in [-0.05, 0) is 36.6 Å². The number of ether oxygens (including phenoxy) is 2. The van der Waals surface area contributed by atoms with E-state index in [9.17, 15) is 4.79 Å². The fourth-order valence-corrected chi connectivity index (χ4v) is 2.01. The van der Waals surface area contributed by atoms with E-state index < -0.39 is 0 Å². The second kappa shape index (κ2) is 5.54. The Bertz CT molecular complexity index is 495. The molecule has 0 radical (unpaired) electrons. The first-order chi connectivity index (χ1) is 8.76. The molecule has 0 unspecified atom stereocenters. The van der Waals surface area contributed by atoms with E-state index in [4.69, 9.17) is 4.74 Å². The quantitative estimate of drug-likeness (QED) is 0.766. The summed E-state index contributed by atoms with van der Waals surface area (Å²) < 4.78 is 10.0. The third-order valence-corrected chi connectivity index (χ3v) is 2.95. The first-order valence-corrected chi connectivity index (χ1v) is 5.89. The third-order valence-electron chi connectivity index (χ3n) is 2.95. The van der Waals surface area contributed by atoms with Crippen LogP contribution in [0.25, 0.3) is 5.57 Å². The van der Waals surface area contributed by atoms with Gasteiger partial charge in [-0.3, -0.25) is 0 Å². The minimum Gasteiger partial charge on any atom is -0.496 e. The Hall–Kier alpha value is -2.03. The predicted molar refractivity (Wildman–Crippen MR) is 70.1 cm³/mol. The average Bonchev–Trinajstić information content (AvgIpc) is 2.46. The predicted octanol–water partition coefficient (Wildman–Crippen LogP) is 3.18. The summed E-state index contributed by atoms with van der Waals surface area (Å²) in [7, 11) is 3.06. The van der Waals surface area contributed by atoms with E-state index in [-0.39, 0.29) is 5.97 Å².